The molecule has 12 heteroatoms. The van der Waals surface area contributed by atoms with Crippen LogP contribution in [-0.2, 0) is 23.9 Å². The highest BCUT2D eigenvalue weighted by molar-refractivity contribution is 5.94. The molecule has 0 fully saturated rings. The van der Waals surface area contributed by atoms with E-state index in [9.17, 15) is 29.1 Å². The molecule has 0 aromatic heterocycles. The quantitative estimate of drug-likeness (QED) is 0.171. The summed E-state index contributed by atoms with van der Waals surface area (Å²) >= 11 is 0. The number of aliphatic carboxylic acids is 1. The minimum atomic E-state index is -1.20. The van der Waals surface area contributed by atoms with Crippen LogP contribution in [0.5, 0.6) is 0 Å². The molecule has 7 N–H and O–H groups in total. The fourth-order valence-electron chi connectivity index (χ4n) is 3.29. The lowest BCUT2D eigenvalue weighted by Gasteiger charge is -2.27. The van der Waals surface area contributed by atoms with E-state index in [4.69, 9.17) is 10.5 Å². The van der Waals surface area contributed by atoms with Gasteiger partial charge in [-0.2, -0.15) is 0 Å². The molecule has 0 saturated carbocycles. The zero-order chi connectivity index (χ0) is 28.9. The Morgan fingerprint density at radius 2 is 1.41 bits per heavy atom. The largest absolute Gasteiger partial charge is 0.480 e. The lowest BCUT2D eigenvalue weighted by molar-refractivity contribution is -0.142. The molecule has 0 spiro atoms. The van der Waals surface area contributed by atoms with Crippen LogP contribution in [0.25, 0.3) is 0 Å². The van der Waals surface area contributed by atoms with Crippen LogP contribution in [0.2, 0.25) is 0 Å². The number of alkyl carbamates (subject to hydrolysis) is 1. The standard InChI is InChI=1S/C25H47N5O7/c1-14(2)13-18(29-22(33)19(15(3)4)30-20(31)16(5)26)21(32)28-17(23(34)35)11-9-10-12-27-24(36)37-25(6,7)8/h14-19H,9-13,26H2,1-8H3,(H,27,36)(H,28,32)(H,29,33)(H,30,31)(H,34,35)/t16-,17-,18-,19-/m0/s1. The topological polar surface area (TPSA) is 189 Å². The molecule has 0 bridgehead atoms. The first kappa shape index (κ1) is 34.1. The van der Waals surface area contributed by atoms with Crippen molar-refractivity contribution < 1.29 is 33.8 Å². The van der Waals surface area contributed by atoms with Crippen molar-refractivity contribution in [2.45, 2.75) is 111 Å². The summed E-state index contributed by atoms with van der Waals surface area (Å²) in [5.74, 6) is -3.12. The average molecular weight is 530 g/mol. The Hall–Kier alpha value is -2.89. The monoisotopic (exact) mass is 529 g/mol. The number of unbranched alkanes of at least 4 members (excludes halogenated alkanes) is 1. The molecule has 0 unspecified atom stereocenters. The Morgan fingerprint density at radius 3 is 1.86 bits per heavy atom. The maximum absolute atomic E-state index is 13.0. The van der Waals surface area contributed by atoms with Crippen molar-refractivity contribution >= 4 is 29.8 Å². The van der Waals surface area contributed by atoms with E-state index < -0.39 is 59.6 Å². The number of nitrogens with one attached hydrogen (secondary N) is 4. The number of ether oxygens (including phenoxy) is 1. The molecule has 0 saturated heterocycles. The second-order valence-electron chi connectivity index (χ2n) is 11.0. The second-order valence-corrected chi connectivity index (χ2v) is 11.0. The van der Waals surface area contributed by atoms with Gasteiger partial charge in [-0.3, -0.25) is 14.4 Å². The molecule has 37 heavy (non-hydrogen) atoms. The van der Waals surface area contributed by atoms with Crippen molar-refractivity contribution in [3.8, 4) is 0 Å². The summed E-state index contributed by atoms with van der Waals surface area (Å²) in [5.41, 5.74) is 4.97. The van der Waals surface area contributed by atoms with Crippen LogP contribution in [0.15, 0.2) is 0 Å². The van der Waals surface area contributed by atoms with Crippen LogP contribution >= 0.6 is 0 Å². The summed E-state index contributed by atoms with van der Waals surface area (Å²) in [6.45, 7) is 14.3. The molecule has 0 aliphatic carbocycles. The lowest BCUT2D eigenvalue weighted by Crippen LogP contribution is -2.58. The summed E-state index contributed by atoms with van der Waals surface area (Å²) in [4.78, 5) is 61.4. The Balaban J connectivity index is 5.11. The zero-order valence-electron chi connectivity index (χ0n) is 23.5. The van der Waals surface area contributed by atoms with Crippen LogP contribution in [0.3, 0.4) is 0 Å². The average Bonchev–Trinajstić information content (AvgIpc) is 2.73. The predicted octanol–water partition coefficient (Wildman–Crippen LogP) is 1.27. The third-order valence-electron chi connectivity index (χ3n) is 5.20. The third-order valence-corrected chi connectivity index (χ3v) is 5.20. The highest BCUT2D eigenvalue weighted by Gasteiger charge is 2.31. The van der Waals surface area contributed by atoms with Crippen molar-refractivity contribution in [2.24, 2.45) is 17.6 Å². The number of amides is 4. The van der Waals surface area contributed by atoms with E-state index in [1.165, 1.54) is 6.92 Å². The molecule has 0 radical (unpaired) electrons. The van der Waals surface area contributed by atoms with Crippen molar-refractivity contribution in [1.29, 1.82) is 0 Å². The Morgan fingerprint density at radius 1 is 0.838 bits per heavy atom. The molecule has 0 aromatic rings. The first-order valence-electron chi connectivity index (χ1n) is 12.8. The highest BCUT2D eigenvalue weighted by atomic mass is 16.6. The molecule has 4 amide bonds. The van der Waals surface area contributed by atoms with Gasteiger partial charge in [0.25, 0.3) is 0 Å². The highest BCUT2D eigenvalue weighted by Crippen LogP contribution is 2.10. The molecular formula is C25H47N5O7. The van der Waals surface area contributed by atoms with Crippen LogP contribution in [0.1, 0.15) is 81.1 Å². The van der Waals surface area contributed by atoms with E-state index in [2.05, 4.69) is 21.3 Å². The predicted molar refractivity (Wildman–Crippen MR) is 139 cm³/mol. The number of hydrogen-bond acceptors (Lipinski definition) is 7. The third kappa shape index (κ3) is 15.1. The SMILES string of the molecule is CC(C)C[C@H](NC(=O)[C@@H](NC(=O)[C@H](C)N)C(C)C)C(=O)N[C@@H](CCCCNC(=O)OC(C)(C)C)C(=O)O. The molecule has 0 rings (SSSR count). The van der Waals surface area contributed by atoms with Crippen molar-refractivity contribution in [1.82, 2.24) is 21.3 Å². The van der Waals surface area contributed by atoms with Crippen LogP contribution in [0.4, 0.5) is 4.79 Å². The van der Waals surface area contributed by atoms with Crippen molar-refractivity contribution in [3.63, 3.8) is 0 Å². The van der Waals surface area contributed by atoms with Gasteiger partial charge in [0.15, 0.2) is 0 Å². The molecule has 0 heterocycles. The number of nitrogens with two attached hydrogens (primary N) is 1. The molecule has 0 aromatic carbocycles. The first-order chi connectivity index (χ1) is 16.9. The molecule has 0 aliphatic heterocycles. The van der Waals surface area contributed by atoms with Gasteiger partial charge in [-0.15, -0.1) is 0 Å². The molecule has 214 valence electrons. The fraction of sp³-hybridized carbons (Fsp3) is 0.800. The van der Waals surface area contributed by atoms with Gasteiger partial charge in [-0.1, -0.05) is 27.7 Å². The second kappa shape index (κ2) is 16.1. The van der Waals surface area contributed by atoms with Crippen LogP contribution in [0, 0.1) is 11.8 Å². The molecular weight excluding hydrogens is 482 g/mol. The zero-order valence-corrected chi connectivity index (χ0v) is 23.5. The summed E-state index contributed by atoms with van der Waals surface area (Å²) in [5, 5.41) is 20.0. The lowest BCUT2D eigenvalue weighted by atomic mass is 9.99. The summed E-state index contributed by atoms with van der Waals surface area (Å²) in [7, 11) is 0. The van der Waals surface area contributed by atoms with Gasteiger partial charge in [0.05, 0.1) is 6.04 Å². The van der Waals surface area contributed by atoms with Crippen molar-refractivity contribution in [2.75, 3.05) is 6.54 Å². The Kier molecular flexibility index (Phi) is 14.8. The van der Waals surface area contributed by atoms with Gasteiger partial charge in [0, 0.05) is 6.54 Å². The number of carbonyl (C=O) groups excluding carboxylic acids is 4. The van der Waals surface area contributed by atoms with E-state index in [0.717, 1.165) is 0 Å². The maximum Gasteiger partial charge on any atom is 0.407 e. The Labute approximate surface area is 220 Å². The van der Waals surface area contributed by atoms with E-state index >= 15 is 0 Å². The number of rotatable bonds is 15. The maximum atomic E-state index is 13.0. The summed E-state index contributed by atoms with van der Waals surface area (Å²) in [6, 6.07) is -3.87. The smallest absolute Gasteiger partial charge is 0.407 e. The summed E-state index contributed by atoms with van der Waals surface area (Å²) < 4.78 is 5.15. The van der Waals surface area contributed by atoms with Crippen molar-refractivity contribution in [3.05, 3.63) is 0 Å². The Bertz CT molecular complexity index is 778. The molecule has 12 nitrogen and oxygen atoms in total. The van der Waals surface area contributed by atoms with Gasteiger partial charge < -0.3 is 36.8 Å². The van der Waals surface area contributed by atoms with E-state index in [1.54, 1.807) is 34.6 Å². The number of carbonyl (C=O) groups is 5. The minimum absolute atomic E-state index is 0.0226. The minimum Gasteiger partial charge on any atom is -0.480 e. The molecule has 4 atom stereocenters. The number of carboxylic acids is 1. The van der Waals surface area contributed by atoms with E-state index in [1.807, 2.05) is 13.8 Å². The normalized spacial score (nSPS) is 14.8. The van der Waals surface area contributed by atoms with Gasteiger partial charge in [-0.05, 0) is 65.2 Å². The van der Waals surface area contributed by atoms with Gasteiger partial charge in [-0.25, -0.2) is 9.59 Å². The first-order valence-corrected chi connectivity index (χ1v) is 12.8. The van der Waals surface area contributed by atoms with Crippen LogP contribution < -0.4 is 27.0 Å². The van der Waals surface area contributed by atoms with Gasteiger partial charge in [0.1, 0.15) is 23.7 Å². The van der Waals surface area contributed by atoms with Gasteiger partial charge in [0.2, 0.25) is 17.7 Å². The van der Waals surface area contributed by atoms with Crippen LogP contribution in [-0.4, -0.2) is 71.2 Å². The number of hydrogen-bond donors (Lipinski definition) is 6. The molecule has 0 aliphatic rings. The van der Waals surface area contributed by atoms with E-state index in [-0.39, 0.29) is 24.7 Å². The van der Waals surface area contributed by atoms with E-state index in [0.29, 0.717) is 19.4 Å². The van der Waals surface area contributed by atoms with Gasteiger partial charge >= 0.3 is 12.1 Å². The number of carboxylic acid groups (broad SMARTS) is 1. The fourth-order valence-corrected chi connectivity index (χ4v) is 3.29. The summed E-state index contributed by atoms with van der Waals surface area (Å²) in [6.07, 6.45) is 0.765.